The highest BCUT2D eigenvalue weighted by atomic mass is 32.1. The Morgan fingerprint density at radius 2 is 2.40 bits per heavy atom. The predicted octanol–water partition coefficient (Wildman–Crippen LogP) is 3.29. The average molecular weight is 224 g/mol. The maximum Gasteiger partial charge on any atom is 0.0931 e. The van der Waals surface area contributed by atoms with Crippen molar-refractivity contribution in [2.24, 2.45) is 11.7 Å². The summed E-state index contributed by atoms with van der Waals surface area (Å²) in [5, 5.41) is 3.44. The van der Waals surface area contributed by atoms with Crippen LogP contribution in [-0.4, -0.2) is 4.98 Å². The summed E-state index contributed by atoms with van der Waals surface area (Å²) in [6.07, 6.45) is 7.48. The summed E-state index contributed by atoms with van der Waals surface area (Å²) in [5.41, 5.74) is 7.20. The maximum absolute atomic E-state index is 6.09. The van der Waals surface area contributed by atoms with Crippen LogP contribution in [0.1, 0.15) is 55.8 Å². The molecule has 0 amide bonds. The second-order valence-corrected chi connectivity index (χ2v) is 5.50. The summed E-state index contributed by atoms with van der Waals surface area (Å²) in [4.78, 5) is 4.64. The Hall–Kier alpha value is -0.410. The minimum absolute atomic E-state index is 0.161. The monoisotopic (exact) mass is 224 g/mol. The standard InChI is InChI=1S/C12H20N2S/c1-2-3-4-10(13)11-8-15-12(14-11)7-9-5-6-9/h8-10H,2-7,13H2,1H3. The van der Waals surface area contributed by atoms with E-state index in [1.165, 1.54) is 37.1 Å². The molecule has 2 N–H and O–H groups in total. The van der Waals surface area contributed by atoms with Gasteiger partial charge in [-0.25, -0.2) is 4.98 Å². The Morgan fingerprint density at radius 3 is 3.07 bits per heavy atom. The molecule has 15 heavy (non-hydrogen) atoms. The van der Waals surface area contributed by atoms with Crippen molar-refractivity contribution in [3.63, 3.8) is 0 Å². The van der Waals surface area contributed by atoms with Crippen LogP contribution in [0.5, 0.6) is 0 Å². The van der Waals surface area contributed by atoms with Crippen molar-refractivity contribution in [2.45, 2.75) is 51.5 Å². The third-order valence-corrected chi connectivity index (χ3v) is 3.87. The Bertz CT molecular complexity index is 304. The second-order valence-electron chi connectivity index (χ2n) is 4.56. The van der Waals surface area contributed by atoms with Crippen LogP contribution in [0.4, 0.5) is 0 Å². The number of unbranched alkanes of at least 4 members (excludes halogenated alkanes) is 1. The maximum atomic E-state index is 6.09. The molecule has 1 heterocycles. The van der Waals surface area contributed by atoms with Gasteiger partial charge in [-0.3, -0.25) is 0 Å². The fourth-order valence-corrected chi connectivity index (χ4v) is 2.70. The molecule has 0 radical (unpaired) electrons. The van der Waals surface area contributed by atoms with Crippen molar-refractivity contribution >= 4 is 11.3 Å². The molecular weight excluding hydrogens is 204 g/mol. The summed E-state index contributed by atoms with van der Waals surface area (Å²) in [6, 6.07) is 0.161. The van der Waals surface area contributed by atoms with Gasteiger partial charge in [0.1, 0.15) is 0 Å². The number of nitrogens with zero attached hydrogens (tertiary/aromatic N) is 1. The molecule has 1 aliphatic carbocycles. The lowest BCUT2D eigenvalue weighted by Crippen LogP contribution is -2.10. The van der Waals surface area contributed by atoms with Crippen LogP contribution in [0.3, 0.4) is 0 Å². The summed E-state index contributed by atoms with van der Waals surface area (Å²) in [6.45, 7) is 2.20. The molecule has 1 aliphatic rings. The van der Waals surface area contributed by atoms with Crippen molar-refractivity contribution in [1.82, 2.24) is 4.98 Å². The first-order valence-corrected chi connectivity index (χ1v) is 6.87. The highest BCUT2D eigenvalue weighted by Gasteiger charge is 2.23. The zero-order valence-electron chi connectivity index (χ0n) is 9.41. The van der Waals surface area contributed by atoms with Gasteiger partial charge in [-0.2, -0.15) is 0 Å². The largest absolute Gasteiger partial charge is 0.323 e. The average Bonchev–Trinajstić information content (AvgIpc) is 2.91. The summed E-state index contributed by atoms with van der Waals surface area (Å²) in [5.74, 6) is 0.927. The van der Waals surface area contributed by atoms with Crippen molar-refractivity contribution < 1.29 is 0 Å². The van der Waals surface area contributed by atoms with Gasteiger partial charge in [-0.15, -0.1) is 11.3 Å². The Morgan fingerprint density at radius 1 is 1.60 bits per heavy atom. The van der Waals surface area contributed by atoms with E-state index in [-0.39, 0.29) is 6.04 Å². The highest BCUT2D eigenvalue weighted by molar-refractivity contribution is 7.09. The van der Waals surface area contributed by atoms with Crippen LogP contribution in [0.15, 0.2) is 5.38 Å². The van der Waals surface area contributed by atoms with E-state index in [2.05, 4.69) is 17.3 Å². The molecule has 0 bridgehead atoms. The number of nitrogens with two attached hydrogens (primary N) is 1. The molecule has 2 nitrogen and oxygen atoms in total. The van der Waals surface area contributed by atoms with E-state index in [1.807, 2.05) is 0 Å². The molecule has 1 saturated carbocycles. The second kappa shape index (κ2) is 5.08. The molecule has 1 atom stereocenters. The van der Waals surface area contributed by atoms with Crippen LogP contribution >= 0.6 is 11.3 Å². The van der Waals surface area contributed by atoms with Gasteiger partial charge in [-0.05, 0) is 25.2 Å². The smallest absolute Gasteiger partial charge is 0.0931 e. The Balaban J connectivity index is 1.86. The normalized spacial score (nSPS) is 18.0. The molecule has 84 valence electrons. The zero-order valence-corrected chi connectivity index (χ0v) is 10.2. The van der Waals surface area contributed by atoms with Gasteiger partial charge in [0.2, 0.25) is 0 Å². The molecule has 3 heteroatoms. The molecule has 1 aromatic heterocycles. The van der Waals surface area contributed by atoms with E-state index in [0.717, 1.165) is 18.0 Å². The van der Waals surface area contributed by atoms with Gasteiger partial charge in [0.25, 0.3) is 0 Å². The fourth-order valence-electron chi connectivity index (χ4n) is 1.73. The van der Waals surface area contributed by atoms with Gasteiger partial charge in [0.15, 0.2) is 0 Å². The van der Waals surface area contributed by atoms with Crippen molar-refractivity contribution in [3.05, 3.63) is 16.1 Å². The van der Waals surface area contributed by atoms with Gasteiger partial charge in [0, 0.05) is 17.8 Å². The van der Waals surface area contributed by atoms with E-state index in [1.54, 1.807) is 11.3 Å². The Labute approximate surface area is 95.9 Å². The van der Waals surface area contributed by atoms with Gasteiger partial charge >= 0.3 is 0 Å². The number of hydrogen-bond donors (Lipinski definition) is 1. The molecule has 0 spiro atoms. The van der Waals surface area contributed by atoms with Gasteiger partial charge < -0.3 is 5.73 Å². The Kier molecular flexibility index (Phi) is 3.76. The quantitative estimate of drug-likeness (QED) is 0.805. The highest BCUT2D eigenvalue weighted by Crippen LogP contribution is 2.33. The van der Waals surface area contributed by atoms with Crippen molar-refractivity contribution in [1.29, 1.82) is 0 Å². The van der Waals surface area contributed by atoms with Gasteiger partial charge in [-0.1, -0.05) is 19.8 Å². The van der Waals surface area contributed by atoms with E-state index in [0.29, 0.717) is 0 Å². The number of thiazole rings is 1. The topological polar surface area (TPSA) is 38.9 Å². The zero-order chi connectivity index (χ0) is 10.7. The van der Waals surface area contributed by atoms with E-state index in [9.17, 15) is 0 Å². The first-order chi connectivity index (χ1) is 7.29. The number of aromatic nitrogens is 1. The first-order valence-electron chi connectivity index (χ1n) is 5.99. The molecule has 0 aliphatic heterocycles. The molecule has 1 unspecified atom stereocenters. The van der Waals surface area contributed by atoms with Crippen LogP contribution in [0, 0.1) is 5.92 Å². The minimum Gasteiger partial charge on any atom is -0.323 e. The van der Waals surface area contributed by atoms with Crippen LogP contribution in [-0.2, 0) is 6.42 Å². The van der Waals surface area contributed by atoms with Crippen LogP contribution < -0.4 is 5.73 Å². The summed E-state index contributed by atoms with van der Waals surface area (Å²) >= 11 is 1.79. The van der Waals surface area contributed by atoms with Crippen molar-refractivity contribution in [3.8, 4) is 0 Å². The SMILES string of the molecule is CCCCC(N)c1csc(CC2CC2)n1. The van der Waals surface area contributed by atoms with Crippen LogP contribution in [0.25, 0.3) is 0 Å². The molecule has 2 rings (SSSR count). The number of hydrogen-bond acceptors (Lipinski definition) is 3. The van der Waals surface area contributed by atoms with E-state index < -0.39 is 0 Å². The van der Waals surface area contributed by atoms with Crippen molar-refractivity contribution in [2.75, 3.05) is 0 Å². The number of rotatable bonds is 6. The fraction of sp³-hybridized carbons (Fsp3) is 0.750. The minimum atomic E-state index is 0.161. The third-order valence-electron chi connectivity index (χ3n) is 2.98. The van der Waals surface area contributed by atoms with Gasteiger partial charge in [0.05, 0.1) is 10.7 Å². The molecule has 0 aromatic carbocycles. The van der Waals surface area contributed by atoms with Crippen LogP contribution in [0.2, 0.25) is 0 Å². The molecule has 1 fully saturated rings. The predicted molar refractivity (Wildman–Crippen MR) is 65.0 cm³/mol. The summed E-state index contributed by atoms with van der Waals surface area (Å²) < 4.78 is 0. The molecule has 1 aromatic rings. The third kappa shape index (κ3) is 3.28. The lowest BCUT2D eigenvalue weighted by Gasteiger charge is -2.06. The summed E-state index contributed by atoms with van der Waals surface area (Å²) in [7, 11) is 0. The van der Waals surface area contributed by atoms with E-state index in [4.69, 9.17) is 5.73 Å². The first kappa shape index (κ1) is 11.1. The lowest BCUT2D eigenvalue weighted by molar-refractivity contribution is 0.591. The molecule has 0 saturated heterocycles. The van der Waals surface area contributed by atoms with E-state index >= 15 is 0 Å². The lowest BCUT2D eigenvalue weighted by atomic mass is 10.1. The molecular formula is C12H20N2S.